The summed E-state index contributed by atoms with van der Waals surface area (Å²) >= 11 is 0. The Kier molecular flexibility index (Phi) is 4.89. The molecule has 172 valence electrons. The van der Waals surface area contributed by atoms with Crippen LogP contribution in [0.2, 0.25) is 0 Å². The number of aromatic nitrogens is 5. The summed E-state index contributed by atoms with van der Waals surface area (Å²) in [6.07, 6.45) is -3.66. The summed E-state index contributed by atoms with van der Waals surface area (Å²) in [4.78, 5) is 3.88. The van der Waals surface area contributed by atoms with Crippen LogP contribution >= 0.6 is 0 Å². The lowest BCUT2D eigenvalue weighted by Crippen LogP contribution is -2.42. The molecule has 11 heteroatoms. The van der Waals surface area contributed by atoms with E-state index in [0.717, 1.165) is 0 Å². The van der Waals surface area contributed by atoms with Gasteiger partial charge in [-0.3, -0.25) is 0 Å². The Morgan fingerprint density at radius 3 is 2.38 bits per heavy atom. The molecule has 0 radical (unpaired) electrons. The summed E-state index contributed by atoms with van der Waals surface area (Å²) in [6.45, 7) is 8.02. The molecular formula is C21H23F4N5O2. The van der Waals surface area contributed by atoms with E-state index in [9.17, 15) is 22.7 Å². The van der Waals surface area contributed by atoms with Crippen molar-refractivity contribution in [2.75, 3.05) is 0 Å². The lowest BCUT2D eigenvalue weighted by Gasteiger charge is -2.31. The van der Waals surface area contributed by atoms with Gasteiger partial charge in [-0.05, 0) is 52.8 Å². The number of imidazole rings is 1. The van der Waals surface area contributed by atoms with Crippen LogP contribution in [-0.2, 0) is 12.1 Å². The van der Waals surface area contributed by atoms with Crippen LogP contribution in [0, 0.1) is 5.82 Å². The number of alkyl halides is 3. The van der Waals surface area contributed by atoms with Gasteiger partial charge < -0.3 is 19.0 Å². The van der Waals surface area contributed by atoms with Crippen molar-refractivity contribution >= 4 is 0 Å². The highest BCUT2D eigenvalue weighted by Crippen LogP contribution is 2.42. The number of ether oxygens (including phenoxy) is 1. The summed E-state index contributed by atoms with van der Waals surface area (Å²) in [7, 11) is 0. The predicted molar refractivity (Wildman–Crippen MR) is 107 cm³/mol. The molecule has 4 rings (SSSR count). The van der Waals surface area contributed by atoms with E-state index in [2.05, 4.69) is 15.2 Å². The van der Waals surface area contributed by atoms with Gasteiger partial charge in [-0.2, -0.15) is 13.2 Å². The highest BCUT2D eigenvalue weighted by molar-refractivity contribution is 5.63. The largest absolute Gasteiger partial charge is 0.485 e. The van der Waals surface area contributed by atoms with Gasteiger partial charge in [0, 0.05) is 12.1 Å². The molecule has 0 saturated heterocycles. The van der Waals surface area contributed by atoms with Crippen LogP contribution in [0.4, 0.5) is 17.6 Å². The van der Waals surface area contributed by atoms with Crippen molar-refractivity contribution in [1.82, 2.24) is 24.3 Å². The fourth-order valence-corrected chi connectivity index (χ4v) is 3.73. The van der Waals surface area contributed by atoms with E-state index in [-0.39, 0.29) is 12.3 Å². The molecule has 7 nitrogen and oxygen atoms in total. The second-order valence-electron chi connectivity index (χ2n) is 9.07. The molecule has 1 aliphatic rings. The van der Waals surface area contributed by atoms with Crippen LogP contribution in [0.5, 0.6) is 5.75 Å². The standard InChI is InChI=1S/C21H23F4N5O2/c1-11-10-29-16(12-6-7-13(22)15(8-12)32-19(2,3)4)27-28-17(29)14-9-26-18(30(11)14)20(5,31)21(23,24)25/h6-9,11,31H,10H2,1-5H3/t11-,20+/m0/s1. The quantitative estimate of drug-likeness (QED) is 0.592. The Balaban J connectivity index is 1.80. The van der Waals surface area contributed by atoms with E-state index in [1.165, 1.54) is 22.9 Å². The first-order chi connectivity index (χ1) is 14.7. The number of hydrogen-bond donors (Lipinski definition) is 1. The van der Waals surface area contributed by atoms with E-state index in [1.54, 1.807) is 38.3 Å². The van der Waals surface area contributed by atoms with Crippen LogP contribution in [-0.4, -0.2) is 41.2 Å². The summed E-state index contributed by atoms with van der Waals surface area (Å²) in [5, 5.41) is 18.5. The van der Waals surface area contributed by atoms with Crippen LogP contribution in [0.1, 0.15) is 46.5 Å². The number of halogens is 4. The van der Waals surface area contributed by atoms with Gasteiger partial charge in [0.05, 0.1) is 12.2 Å². The topological polar surface area (TPSA) is 78.0 Å². The molecule has 0 amide bonds. The number of fused-ring (bicyclic) bond motifs is 3. The third kappa shape index (κ3) is 3.54. The highest BCUT2D eigenvalue weighted by atomic mass is 19.4. The van der Waals surface area contributed by atoms with Gasteiger partial charge in [0.15, 0.2) is 29.0 Å². The van der Waals surface area contributed by atoms with Crippen molar-refractivity contribution in [3.8, 4) is 28.7 Å². The van der Waals surface area contributed by atoms with Crippen LogP contribution in [0.15, 0.2) is 24.4 Å². The Bertz CT molecular complexity index is 1170. The monoisotopic (exact) mass is 453 g/mol. The van der Waals surface area contributed by atoms with Gasteiger partial charge in [-0.15, -0.1) is 10.2 Å². The molecule has 1 aliphatic heterocycles. The SMILES string of the molecule is C[C@H]1Cn2c(-c3ccc(F)c(OC(C)(C)C)c3)nnc2-c2cnc([C@@](C)(O)C(F)(F)F)n21. The zero-order valence-corrected chi connectivity index (χ0v) is 18.2. The van der Waals surface area contributed by atoms with Crippen LogP contribution in [0.25, 0.3) is 22.9 Å². The fraction of sp³-hybridized carbons (Fsp3) is 0.476. The third-order valence-electron chi connectivity index (χ3n) is 5.26. The number of benzene rings is 1. The molecule has 2 aromatic heterocycles. The van der Waals surface area contributed by atoms with Gasteiger partial charge in [-0.25, -0.2) is 9.37 Å². The van der Waals surface area contributed by atoms with Gasteiger partial charge >= 0.3 is 6.18 Å². The summed E-state index contributed by atoms with van der Waals surface area (Å²) in [5.41, 5.74) is -2.89. The minimum absolute atomic E-state index is 0.0600. The Hall–Kier alpha value is -2.95. The van der Waals surface area contributed by atoms with Gasteiger partial charge in [0.1, 0.15) is 11.3 Å². The van der Waals surface area contributed by atoms with Crippen molar-refractivity contribution in [3.63, 3.8) is 0 Å². The third-order valence-corrected chi connectivity index (χ3v) is 5.26. The molecule has 0 saturated carbocycles. The molecule has 2 atom stereocenters. The number of hydrogen-bond acceptors (Lipinski definition) is 5. The Morgan fingerprint density at radius 2 is 1.75 bits per heavy atom. The molecular weight excluding hydrogens is 430 g/mol. The Morgan fingerprint density at radius 1 is 1.09 bits per heavy atom. The summed E-state index contributed by atoms with van der Waals surface area (Å²) in [6, 6.07) is 3.85. The van der Waals surface area contributed by atoms with E-state index < -0.39 is 35.1 Å². The molecule has 0 fully saturated rings. The van der Waals surface area contributed by atoms with E-state index in [1.807, 2.05) is 0 Å². The van der Waals surface area contributed by atoms with Gasteiger partial charge in [-0.1, -0.05) is 0 Å². The molecule has 0 aliphatic carbocycles. The second-order valence-corrected chi connectivity index (χ2v) is 9.07. The lowest BCUT2D eigenvalue weighted by atomic mass is 10.0. The number of rotatable bonds is 3. The minimum atomic E-state index is -4.90. The molecule has 0 unspecified atom stereocenters. The first kappa shape index (κ1) is 22.3. The molecule has 3 aromatic rings. The average molecular weight is 453 g/mol. The van der Waals surface area contributed by atoms with E-state index in [4.69, 9.17) is 4.74 Å². The van der Waals surface area contributed by atoms with Crippen molar-refractivity contribution < 1.29 is 27.4 Å². The minimum Gasteiger partial charge on any atom is -0.485 e. The summed E-state index contributed by atoms with van der Waals surface area (Å²) in [5.74, 6) is -0.247. The smallest absolute Gasteiger partial charge is 0.424 e. The average Bonchev–Trinajstić information content (AvgIpc) is 3.26. The predicted octanol–water partition coefficient (Wildman–Crippen LogP) is 4.47. The Labute approximate surface area is 181 Å². The summed E-state index contributed by atoms with van der Waals surface area (Å²) < 4.78 is 63.3. The molecule has 32 heavy (non-hydrogen) atoms. The molecule has 0 bridgehead atoms. The number of nitrogens with zero attached hydrogens (tertiary/aromatic N) is 5. The highest BCUT2D eigenvalue weighted by Gasteiger charge is 2.55. The van der Waals surface area contributed by atoms with Crippen LogP contribution < -0.4 is 4.74 Å². The maximum absolute atomic E-state index is 14.3. The zero-order chi connectivity index (χ0) is 23.6. The fourth-order valence-electron chi connectivity index (χ4n) is 3.73. The van der Waals surface area contributed by atoms with Crippen molar-refractivity contribution in [2.45, 2.75) is 64.6 Å². The molecule has 0 spiro atoms. The van der Waals surface area contributed by atoms with Crippen molar-refractivity contribution in [1.29, 1.82) is 0 Å². The maximum Gasteiger partial charge on any atom is 0.424 e. The normalized spacial score (nSPS) is 18.1. The second kappa shape index (κ2) is 7.03. The lowest BCUT2D eigenvalue weighted by molar-refractivity contribution is -0.262. The van der Waals surface area contributed by atoms with Gasteiger partial charge in [0.2, 0.25) is 5.60 Å². The van der Waals surface area contributed by atoms with Crippen molar-refractivity contribution in [2.24, 2.45) is 0 Å². The zero-order valence-electron chi connectivity index (χ0n) is 18.2. The van der Waals surface area contributed by atoms with E-state index in [0.29, 0.717) is 29.8 Å². The maximum atomic E-state index is 14.3. The molecule has 1 N–H and O–H groups in total. The number of aliphatic hydroxyl groups is 1. The molecule has 3 heterocycles. The first-order valence-electron chi connectivity index (χ1n) is 10.00. The van der Waals surface area contributed by atoms with Gasteiger partial charge in [0.25, 0.3) is 0 Å². The van der Waals surface area contributed by atoms with Crippen LogP contribution in [0.3, 0.4) is 0 Å². The van der Waals surface area contributed by atoms with Crippen molar-refractivity contribution in [3.05, 3.63) is 36.0 Å². The first-order valence-corrected chi connectivity index (χ1v) is 10.00. The molecule has 1 aromatic carbocycles. The van der Waals surface area contributed by atoms with E-state index >= 15 is 0 Å².